The summed E-state index contributed by atoms with van der Waals surface area (Å²) in [6.07, 6.45) is 6.06. The van der Waals surface area contributed by atoms with Gasteiger partial charge in [-0.15, -0.1) is 0 Å². The molecule has 2 atom stereocenters. The fourth-order valence-corrected chi connectivity index (χ4v) is 3.69. The molecular weight excluding hydrogens is 328 g/mol. The number of aromatic nitrogens is 2. The Bertz CT molecular complexity index is 805. The number of hydrogen-bond acceptors (Lipinski definition) is 3. The molecule has 1 aromatic carbocycles. The van der Waals surface area contributed by atoms with Gasteiger partial charge in [-0.2, -0.15) is 13.9 Å². The zero-order valence-electron chi connectivity index (χ0n) is 13.9. The molecule has 0 unspecified atom stereocenters. The van der Waals surface area contributed by atoms with Gasteiger partial charge in [-0.25, -0.2) is 0 Å². The molecule has 1 fully saturated rings. The summed E-state index contributed by atoms with van der Waals surface area (Å²) in [5.41, 5.74) is 2.45. The van der Waals surface area contributed by atoms with E-state index in [1.165, 1.54) is 6.07 Å². The van der Waals surface area contributed by atoms with Gasteiger partial charge in [-0.3, -0.25) is 9.48 Å². The third-order valence-electron chi connectivity index (χ3n) is 4.92. The molecule has 1 amide bonds. The highest BCUT2D eigenvalue weighted by Gasteiger charge is 2.47. The van der Waals surface area contributed by atoms with E-state index >= 15 is 0 Å². The van der Waals surface area contributed by atoms with Crippen molar-refractivity contribution in [1.29, 1.82) is 0 Å². The van der Waals surface area contributed by atoms with E-state index in [9.17, 15) is 13.6 Å². The Labute approximate surface area is 144 Å². The highest BCUT2D eigenvalue weighted by molar-refractivity contribution is 5.99. The van der Waals surface area contributed by atoms with Crippen LogP contribution in [0.2, 0.25) is 0 Å². The fraction of sp³-hybridized carbons (Fsp3) is 0.444. The van der Waals surface area contributed by atoms with Crippen LogP contribution in [0, 0.1) is 5.92 Å². The molecule has 1 saturated carbocycles. The minimum Gasteiger partial charge on any atom is -0.433 e. The molecule has 0 saturated heterocycles. The molecule has 0 bridgehead atoms. The van der Waals surface area contributed by atoms with E-state index in [4.69, 9.17) is 0 Å². The monoisotopic (exact) mass is 347 g/mol. The van der Waals surface area contributed by atoms with Crippen molar-refractivity contribution >= 4 is 11.6 Å². The second-order valence-electron chi connectivity index (χ2n) is 6.63. The first kappa shape index (κ1) is 16.1. The molecule has 0 radical (unpaired) electrons. The lowest BCUT2D eigenvalue weighted by Crippen LogP contribution is -2.37. The van der Waals surface area contributed by atoms with Crippen LogP contribution in [0.3, 0.4) is 0 Å². The molecular formula is C18H19F2N3O2. The predicted octanol–water partition coefficient (Wildman–Crippen LogP) is 3.10. The topological polar surface area (TPSA) is 47.4 Å². The highest BCUT2D eigenvalue weighted by atomic mass is 19.3. The Morgan fingerprint density at radius 1 is 1.40 bits per heavy atom. The molecule has 2 aromatic rings. The van der Waals surface area contributed by atoms with Gasteiger partial charge in [0.2, 0.25) is 5.91 Å². The number of para-hydroxylation sites is 1. The first-order valence-corrected chi connectivity index (χ1v) is 8.41. The molecule has 7 heteroatoms. The Kier molecular flexibility index (Phi) is 3.94. The van der Waals surface area contributed by atoms with Crippen molar-refractivity contribution in [1.82, 2.24) is 9.78 Å². The van der Waals surface area contributed by atoms with E-state index in [2.05, 4.69) is 9.84 Å². The van der Waals surface area contributed by atoms with Crippen LogP contribution in [-0.2, 0) is 18.3 Å². The number of alkyl halides is 2. The molecule has 0 spiro atoms. The highest BCUT2D eigenvalue weighted by Crippen LogP contribution is 2.50. The summed E-state index contributed by atoms with van der Waals surface area (Å²) in [6, 6.07) is 5.07. The van der Waals surface area contributed by atoms with Crippen LogP contribution in [0.4, 0.5) is 14.5 Å². The van der Waals surface area contributed by atoms with Crippen molar-refractivity contribution in [2.75, 3.05) is 11.4 Å². The minimum atomic E-state index is -2.91. The van der Waals surface area contributed by atoms with Crippen molar-refractivity contribution in [3.63, 3.8) is 0 Å². The standard InChI is InChI=1S/C18H19F2N3O2/c1-22-10-12(9-21-22)13-8-14(13)17(24)23-7-3-5-11-4-2-6-15(16(11)23)25-18(19)20/h2,4,6,9-10,13-14,18H,3,5,7-8H2,1H3/t13-,14+/m0/s1. The number of fused-ring (bicyclic) bond motifs is 1. The Morgan fingerprint density at radius 2 is 2.24 bits per heavy atom. The summed E-state index contributed by atoms with van der Waals surface area (Å²) in [4.78, 5) is 14.6. The summed E-state index contributed by atoms with van der Waals surface area (Å²) in [5.74, 6) is 0.115. The van der Waals surface area contributed by atoms with Crippen LogP contribution in [0.5, 0.6) is 5.75 Å². The minimum absolute atomic E-state index is 0.0138. The smallest absolute Gasteiger partial charge is 0.387 e. The predicted molar refractivity (Wildman–Crippen MR) is 87.8 cm³/mol. The number of aryl methyl sites for hydroxylation is 2. The molecule has 1 aliphatic carbocycles. The van der Waals surface area contributed by atoms with Gasteiger partial charge in [0.05, 0.1) is 11.9 Å². The second kappa shape index (κ2) is 6.13. The van der Waals surface area contributed by atoms with Gasteiger partial charge < -0.3 is 9.64 Å². The molecule has 5 nitrogen and oxygen atoms in total. The SMILES string of the molecule is Cn1cc([C@@H]2C[C@H]2C(=O)N2CCCc3cccc(OC(F)F)c32)cn1. The largest absolute Gasteiger partial charge is 0.433 e. The molecule has 4 rings (SSSR count). The summed E-state index contributed by atoms with van der Waals surface area (Å²) in [6.45, 7) is -2.37. The van der Waals surface area contributed by atoms with E-state index in [0.29, 0.717) is 12.2 Å². The summed E-state index contributed by atoms with van der Waals surface area (Å²) >= 11 is 0. The van der Waals surface area contributed by atoms with Gasteiger partial charge >= 0.3 is 6.61 Å². The number of halogens is 2. The van der Waals surface area contributed by atoms with E-state index in [1.54, 1.807) is 21.8 Å². The fourth-order valence-electron chi connectivity index (χ4n) is 3.69. The van der Waals surface area contributed by atoms with Crippen LogP contribution < -0.4 is 9.64 Å². The Hall–Kier alpha value is -2.44. The van der Waals surface area contributed by atoms with Crippen LogP contribution >= 0.6 is 0 Å². The van der Waals surface area contributed by atoms with Crippen molar-refractivity contribution in [2.45, 2.75) is 31.8 Å². The van der Waals surface area contributed by atoms with Crippen molar-refractivity contribution < 1.29 is 18.3 Å². The van der Waals surface area contributed by atoms with E-state index < -0.39 is 6.61 Å². The number of carbonyl (C=O) groups excluding carboxylic acids is 1. The molecule has 2 heterocycles. The molecule has 1 aliphatic heterocycles. The zero-order valence-corrected chi connectivity index (χ0v) is 13.9. The number of carbonyl (C=O) groups is 1. The summed E-state index contributed by atoms with van der Waals surface area (Å²) in [7, 11) is 1.84. The first-order chi connectivity index (χ1) is 12.0. The quantitative estimate of drug-likeness (QED) is 0.854. The first-order valence-electron chi connectivity index (χ1n) is 8.41. The Balaban J connectivity index is 1.59. The number of amides is 1. The van der Waals surface area contributed by atoms with Gasteiger partial charge in [0.25, 0.3) is 0 Å². The molecule has 132 valence electrons. The van der Waals surface area contributed by atoms with Crippen LogP contribution in [-0.4, -0.2) is 28.8 Å². The van der Waals surface area contributed by atoms with E-state index in [-0.39, 0.29) is 23.5 Å². The van der Waals surface area contributed by atoms with Crippen molar-refractivity contribution in [3.05, 3.63) is 41.7 Å². The van der Waals surface area contributed by atoms with Crippen LogP contribution in [0.15, 0.2) is 30.6 Å². The zero-order chi connectivity index (χ0) is 17.6. The van der Waals surface area contributed by atoms with E-state index in [0.717, 1.165) is 30.4 Å². The maximum Gasteiger partial charge on any atom is 0.387 e. The molecule has 0 N–H and O–H groups in total. The van der Waals surface area contributed by atoms with Gasteiger partial charge in [0.15, 0.2) is 0 Å². The lowest BCUT2D eigenvalue weighted by molar-refractivity contribution is -0.120. The van der Waals surface area contributed by atoms with Crippen LogP contribution in [0.1, 0.15) is 29.9 Å². The third-order valence-corrected chi connectivity index (χ3v) is 4.92. The number of anilines is 1. The van der Waals surface area contributed by atoms with Gasteiger partial charge in [0, 0.05) is 25.7 Å². The van der Waals surface area contributed by atoms with Gasteiger partial charge in [-0.05, 0) is 42.4 Å². The summed E-state index contributed by atoms with van der Waals surface area (Å²) in [5, 5.41) is 4.16. The van der Waals surface area contributed by atoms with Crippen molar-refractivity contribution in [3.8, 4) is 5.75 Å². The van der Waals surface area contributed by atoms with Crippen molar-refractivity contribution in [2.24, 2.45) is 13.0 Å². The lowest BCUT2D eigenvalue weighted by Gasteiger charge is -2.31. The Morgan fingerprint density at radius 3 is 2.96 bits per heavy atom. The maximum atomic E-state index is 13.0. The van der Waals surface area contributed by atoms with Gasteiger partial charge in [-0.1, -0.05) is 12.1 Å². The molecule has 25 heavy (non-hydrogen) atoms. The average Bonchev–Trinajstić information content (AvgIpc) is 3.27. The molecule has 2 aliphatic rings. The normalized spacial score (nSPS) is 22.0. The van der Waals surface area contributed by atoms with E-state index in [1.807, 2.05) is 19.3 Å². The van der Waals surface area contributed by atoms with Crippen LogP contribution in [0.25, 0.3) is 0 Å². The number of nitrogens with zero attached hydrogens (tertiary/aromatic N) is 3. The van der Waals surface area contributed by atoms with Gasteiger partial charge in [0.1, 0.15) is 5.75 Å². The average molecular weight is 347 g/mol. The third kappa shape index (κ3) is 2.99. The number of ether oxygens (including phenoxy) is 1. The summed E-state index contributed by atoms with van der Waals surface area (Å²) < 4.78 is 31.9. The number of hydrogen-bond donors (Lipinski definition) is 0. The number of benzene rings is 1. The maximum absolute atomic E-state index is 13.0. The number of rotatable bonds is 4. The lowest BCUT2D eigenvalue weighted by atomic mass is 10.00. The molecule has 1 aromatic heterocycles. The second-order valence-corrected chi connectivity index (χ2v) is 6.63.